The SMILES string of the molecule is CNC(C)(CCCCOc1cc(C)ccc1C)C(=O)O. The van der Waals surface area contributed by atoms with Gasteiger partial charge < -0.3 is 15.2 Å². The minimum atomic E-state index is -0.848. The van der Waals surface area contributed by atoms with Gasteiger partial charge in [-0.25, -0.2) is 0 Å². The van der Waals surface area contributed by atoms with Crippen molar-refractivity contribution in [1.29, 1.82) is 0 Å². The van der Waals surface area contributed by atoms with Crippen molar-refractivity contribution in [3.63, 3.8) is 0 Å². The molecule has 4 heteroatoms. The van der Waals surface area contributed by atoms with E-state index in [9.17, 15) is 4.79 Å². The van der Waals surface area contributed by atoms with Crippen LogP contribution in [-0.2, 0) is 4.79 Å². The van der Waals surface area contributed by atoms with E-state index in [4.69, 9.17) is 9.84 Å². The van der Waals surface area contributed by atoms with Crippen LogP contribution in [0.15, 0.2) is 18.2 Å². The van der Waals surface area contributed by atoms with E-state index >= 15 is 0 Å². The number of rotatable bonds is 8. The van der Waals surface area contributed by atoms with Gasteiger partial charge in [0.15, 0.2) is 0 Å². The Kier molecular flexibility index (Phi) is 6.02. The zero-order valence-electron chi connectivity index (χ0n) is 12.8. The summed E-state index contributed by atoms with van der Waals surface area (Å²) in [5.74, 6) is 0.107. The van der Waals surface area contributed by atoms with Crippen LogP contribution in [0.25, 0.3) is 0 Å². The Labute approximate surface area is 121 Å². The first-order valence-electron chi connectivity index (χ1n) is 7.01. The van der Waals surface area contributed by atoms with Crippen molar-refractivity contribution in [3.05, 3.63) is 29.3 Å². The second-order valence-corrected chi connectivity index (χ2v) is 5.46. The van der Waals surface area contributed by atoms with Crippen molar-refractivity contribution in [2.45, 2.75) is 45.6 Å². The fourth-order valence-electron chi connectivity index (χ4n) is 1.96. The second kappa shape index (κ2) is 7.29. The van der Waals surface area contributed by atoms with Crippen molar-refractivity contribution < 1.29 is 14.6 Å². The first-order valence-corrected chi connectivity index (χ1v) is 7.01. The summed E-state index contributed by atoms with van der Waals surface area (Å²) in [4.78, 5) is 11.1. The van der Waals surface area contributed by atoms with Crippen LogP contribution in [0, 0.1) is 13.8 Å². The van der Waals surface area contributed by atoms with Gasteiger partial charge in [-0.3, -0.25) is 4.79 Å². The van der Waals surface area contributed by atoms with Crippen LogP contribution in [0.3, 0.4) is 0 Å². The highest BCUT2D eigenvalue weighted by Crippen LogP contribution is 2.20. The zero-order valence-corrected chi connectivity index (χ0v) is 12.8. The fourth-order valence-corrected chi connectivity index (χ4v) is 1.96. The molecule has 112 valence electrons. The molecular formula is C16H25NO3. The Bertz CT molecular complexity index is 459. The number of carboxylic acid groups (broad SMARTS) is 1. The van der Waals surface area contributed by atoms with Gasteiger partial charge in [0, 0.05) is 0 Å². The van der Waals surface area contributed by atoms with Gasteiger partial charge in [0.2, 0.25) is 0 Å². The molecule has 0 amide bonds. The first-order chi connectivity index (χ1) is 9.39. The molecule has 1 rings (SSSR count). The Morgan fingerprint density at radius 3 is 2.65 bits per heavy atom. The van der Waals surface area contributed by atoms with Crippen LogP contribution in [-0.4, -0.2) is 30.3 Å². The molecular weight excluding hydrogens is 254 g/mol. The topological polar surface area (TPSA) is 58.6 Å². The van der Waals surface area contributed by atoms with Gasteiger partial charge in [-0.15, -0.1) is 0 Å². The summed E-state index contributed by atoms with van der Waals surface area (Å²) < 4.78 is 5.76. The molecule has 20 heavy (non-hydrogen) atoms. The standard InChI is InChI=1S/C16H25NO3/c1-12-7-8-13(2)14(11-12)20-10-6-5-9-16(3,17-4)15(18)19/h7-8,11,17H,5-6,9-10H2,1-4H3,(H,18,19). The molecule has 0 heterocycles. The Hall–Kier alpha value is -1.55. The van der Waals surface area contributed by atoms with Crippen molar-refractivity contribution in [1.82, 2.24) is 5.32 Å². The zero-order chi connectivity index (χ0) is 15.2. The molecule has 2 N–H and O–H groups in total. The lowest BCUT2D eigenvalue weighted by atomic mass is 9.95. The molecule has 1 atom stereocenters. The monoisotopic (exact) mass is 279 g/mol. The number of aliphatic carboxylic acids is 1. The maximum Gasteiger partial charge on any atom is 0.323 e. The maximum atomic E-state index is 11.1. The summed E-state index contributed by atoms with van der Waals surface area (Å²) in [7, 11) is 1.68. The van der Waals surface area contributed by atoms with Gasteiger partial charge in [0.25, 0.3) is 0 Å². The third kappa shape index (κ3) is 4.53. The van der Waals surface area contributed by atoms with E-state index in [2.05, 4.69) is 11.4 Å². The average molecular weight is 279 g/mol. The lowest BCUT2D eigenvalue weighted by Crippen LogP contribution is -2.47. The number of nitrogens with one attached hydrogen (secondary N) is 1. The van der Waals surface area contributed by atoms with Crippen LogP contribution < -0.4 is 10.1 Å². The van der Waals surface area contributed by atoms with Gasteiger partial charge in [0.05, 0.1) is 6.61 Å². The number of hydrogen-bond donors (Lipinski definition) is 2. The summed E-state index contributed by atoms with van der Waals surface area (Å²) in [5.41, 5.74) is 1.46. The minimum Gasteiger partial charge on any atom is -0.493 e. The third-order valence-electron chi connectivity index (χ3n) is 3.70. The van der Waals surface area contributed by atoms with E-state index in [-0.39, 0.29) is 0 Å². The molecule has 0 saturated carbocycles. The highest BCUT2D eigenvalue weighted by molar-refractivity contribution is 5.78. The van der Waals surface area contributed by atoms with Crippen molar-refractivity contribution >= 4 is 5.97 Å². The van der Waals surface area contributed by atoms with Gasteiger partial charge in [-0.2, -0.15) is 0 Å². The number of likely N-dealkylation sites (N-methyl/N-ethyl adjacent to an activating group) is 1. The number of benzene rings is 1. The van der Waals surface area contributed by atoms with E-state index < -0.39 is 11.5 Å². The molecule has 0 aliphatic heterocycles. The van der Waals surface area contributed by atoms with E-state index in [0.717, 1.165) is 24.2 Å². The normalized spacial score (nSPS) is 13.8. The maximum absolute atomic E-state index is 11.1. The van der Waals surface area contributed by atoms with Crippen LogP contribution in [0.5, 0.6) is 5.75 Å². The molecule has 0 aromatic heterocycles. The highest BCUT2D eigenvalue weighted by atomic mass is 16.5. The molecule has 0 fully saturated rings. The van der Waals surface area contributed by atoms with Crippen molar-refractivity contribution in [2.75, 3.05) is 13.7 Å². The number of unbranched alkanes of at least 4 members (excludes halogenated alkanes) is 1. The molecule has 0 saturated heterocycles. The van der Waals surface area contributed by atoms with Crippen molar-refractivity contribution in [3.8, 4) is 5.75 Å². The third-order valence-corrected chi connectivity index (χ3v) is 3.70. The van der Waals surface area contributed by atoms with Gasteiger partial charge in [-0.05, 0) is 64.3 Å². The van der Waals surface area contributed by atoms with Gasteiger partial charge >= 0.3 is 5.97 Å². The minimum absolute atomic E-state index is 0.592. The summed E-state index contributed by atoms with van der Waals surface area (Å²) in [6.07, 6.45) is 2.25. The number of carboxylic acids is 1. The summed E-state index contributed by atoms with van der Waals surface area (Å²) >= 11 is 0. The molecule has 0 bridgehead atoms. The molecule has 1 aromatic carbocycles. The van der Waals surface area contributed by atoms with Crippen molar-refractivity contribution in [2.24, 2.45) is 0 Å². The highest BCUT2D eigenvalue weighted by Gasteiger charge is 2.29. The lowest BCUT2D eigenvalue weighted by Gasteiger charge is -2.23. The summed E-state index contributed by atoms with van der Waals surface area (Å²) in [6, 6.07) is 6.14. The summed E-state index contributed by atoms with van der Waals surface area (Å²) in [6.45, 7) is 6.39. The number of hydrogen-bond acceptors (Lipinski definition) is 3. The molecule has 4 nitrogen and oxygen atoms in total. The molecule has 0 spiro atoms. The quantitative estimate of drug-likeness (QED) is 0.718. The largest absolute Gasteiger partial charge is 0.493 e. The average Bonchev–Trinajstić information content (AvgIpc) is 2.41. The predicted octanol–water partition coefficient (Wildman–Crippen LogP) is 2.92. The van der Waals surface area contributed by atoms with E-state index in [0.29, 0.717) is 13.0 Å². The van der Waals surface area contributed by atoms with E-state index in [1.165, 1.54) is 5.56 Å². The van der Waals surface area contributed by atoms with E-state index in [1.54, 1.807) is 14.0 Å². The molecule has 0 radical (unpaired) electrons. The molecule has 1 aromatic rings. The van der Waals surface area contributed by atoms with Gasteiger partial charge in [-0.1, -0.05) is 12.1 Å². The van der Waals surface area contributed by atoms with Crippen LogP contribution in [0.2, 0.25) is 0 Å². The molecule has 1 unspecified atom stereocenters. The van der Waals surface area contributed by atoms with Crippen LogP contribution in [0.4, 0.5) is 0 Å². The number of ether oxygens (including phenoxy) is 1. The van der Waals surface area contributed by atoms with E-state index in [1.807, 2.05) is 26.0 Å². The first kappa shape index (κ1) is 16.5. The molecule has 0 aliphatic rings. The summed E-state index contributed by atoms with van der Waals surface area (Å²) in [5, 5.41) is 12.0. The number of aryl methyl sites for hydroxylation is 2. The van der Waals surface area contributed by atoms with Crippen LogP contribution >= 0.6 is 0 Å². The van der Waals surface area contributed by atoms with Gasteiger partial charge in [0.1, 0.15) is 11.3 Å². The lowest BCUT2D eigenvalue weighted by molar-refractivity contribution is -0.144. The van der Waals surface area contributed by atoms with Crippen LogP contribution in [0.1, 0.15) is 37.3 Å². The Morgan fingerprint density at radius 1 is 1.35 bits per heavy atom. The smallest absolute Gasteiger partial charge is 0.323 e. The second-order valence-electron chi connectivity index (χ2n) is 5.46. The molecule has 0 aliphatic carbocycles. The Morgan fingerprint density at radius 2 is 2.05 bits per heavy atom. The fraction of sp³-hybridized carbons (Fsp3) is 0.562. The predicted molar refractivity (Wildman–Crippen MR) is 80.4 cm³/mol. The Balaban J connectivity index is 2.35. The number of carbonyl (C=O) groups is 1.